The Bertz CT molecular complexity index is 518. The maximum Gasteiger partial charge on any atom is 0.328 e. The Morgan fingerprint density at radius 1 is 1.44 bits per heavy atom. The third-order valence-electron chi connectivity index (χ3n) is 1.93. The van der Waals surface area contributed by atoms with Crippen LogP contribution in [-0.2, 0) is 4.79 Å². The molecule has 0 fully saturated rings. The highest BCUT2D eigenvalue weighted by Gasteiger charge is 1.97. The zero-order chi connectivity index (χ0) is 11.4. The largest absolute Gasteiger partial charge is 0.478 e. The predicted molar refractivity (Wildman–Crippen MR) is 58.0 cm³/mol. The van der Waals surface area contributed by atoms with E-state index in [2.05, 4.69) is 10.1 Å². The van der Waals surface area contributed by atoms with E-state index < -0.39 is 5.97 Å². The van der Waals surface area contributed by atoms with Crippen molar-refractivity contribution < 1.29 is 9.90 Å². The highest BCUT2D eigenvalue weighted by molar-refractivity contribution is 5.85. The summed E-state index contributed by atoms with van der Waals surface area (Å²) in [6.45, 7) is 0. The van der Waals surface area contributed by atoms with E-state index in [4.69, 9.17) is 5.11 Å². The smallest absolute Gasteiger partial charge is 0.328 e. The van der Waals surface area contributed by atoms with Gasteiger partial charge in [-0.1, -0.05) is 0 Å². The zero-order valence-electron chi connectivity index (χ0n) is 8.32. The lowest BCUT2D eigenvalue weighted by Gasteiger charge is -2.00. The molecule has 0 aliphatic rings. The van der Waals surface area contributed by atoms with Crippen molar-refractivity contribution in [3.8, 4) is 5.69 Å². The number of carboxylic acid groups (broad SMARTS) is 1. The minimum atomic E-state index is -0.982. The molecule has 2 rings (SSSR count). The molecule has 16 heavy (non-hydrogen) atoms. The lowest BCUT2D eigenvalue weighted by atomic mass is 10.2. The van der Waals surface area contributed by atoms with Gasteiger partial charge in [-0.05, 0) is 23.8 Å². The lowest BCUT2D eigenvalue weighted by Crippen LogP contribution is -1.95. The van der Waals surface area contributed by atoms with E-state index in [1.54, 1.807) is 41.6 Å². The number of hydrogen-bond acceptors (Lipinski definition) is 3. The molecule has 0 saturated carbocycles. The van der Waals surface area contributed by atoms with Gasteiger partial charge in [-0.25, -0.2) is 9.48 Å². The Hall–Kier alpha value is -2.43. The summed E-state index contributed by atoms with van der Waals surface area (Å²) in [6, 6.07) is 3.61. The van der Waals surface area contributed by atoms with Crippen LogP contribution >= 0.6 is 0 Å². The van der Waals surface area contributed by atoms with Crippen LogP contribution in [0.4, 0.5) is 0 Å². The van der Waals surface area contributed by atoms with Crippen LogP contribution < -0.4 is 0 Å². The van der Waals surface area contributed by atoms with Crippen LogP contribution in [-0.4, -0.2) is 25.8 Å². The van der Waals surface area contributed by atoms with Crippen molar-refractivity contribution in [2.75, 3.05) is 0 Å². The Labute approximate surface area is 91.7 Å². The molecule has 0 saturated heterocycles. The number of carboxylic acids is 1. The van der Waals surface area contributed by atoms with Crippen LogP contribution in [0, 0.1) is 0 Å². The van der Waals surface area contributed by atoms with E-state index in [-0.39, 0.29) is 0 Å². The van der Waals surface area contributed by atoms with Gasteiger partial charge in [0.15, 0.2) is 0 Å². The standard InChI is InChI=1S/C11H9N3O2/c15-11(16)3-2-9-6-10(8-12-7-9)14-5-1-4-13-14/h1-8H,(H,15,16)/b3-2+. The summed E-state index contributed by atoms with van der Waals surface area (Å²) in [7, 11) is 0. The van der Waals surface area contributed by atoms with E-state index >= 15 is 0 Å². The Morgan fingerprint density at radius 3 is 3.00 bits per heavy atom. The maximum atomic E-state index is 10.4. The quantitative estimate of drug-likeness (QED) is 0.785. The average Bonchev–Trinajstić information content (AvgIpc) is 2.80. The summed E-state index contributed by atoms with van der Waals surface area (Å²) < 4.78 is 1.66. The minimum Gasteiger partial charge on any atom is -0.478 e. The molecule has 0 unspecified atom stereocenters. The van der Waals surface area contributed by atoms with Crippen molar-refractivity contribution in [3.63, 3.8) is 0 Å². The molecule has 0 atom stereocenters. The third kappa shape index (κ3) is 2.33. The summed E-state index contributed by atoms with van der Waals surface area (Å²) in [6.07, 6.45) is 9.27. The number of hydrogen-bond donors (Lipinski definition) is 1. The molecular weight excluding hydrogens is 206 g/mol. The molecule has 0 spiro atoms. The van der Waals surface area contributed by atoms with Crippen molar-refractivity contribution in [1.29, 1.82) is 0 Å². The first-order valence-electron chi connectivity index (χ1n) is 4.62. The highest BCUT2D eigenvalue weighted by Crippen LogP contribution is 2.08. The van der Waals surface area contributed by atoms with Crippen LogP contribution in [0.15, 0.2) is 43.0 Å². The second-order valence-corrected chi connectivity index (χ2v) is 3.10. The van der Waals surface area contributed by atoms with Crippen LogP contribution in [0.5, 0.6) is 0 Å². The average molecular weight is 215 g/mol. The first kappa shape index (κ1) is 10.1. The minimum absolute atomic E-state index is 0.718. The van der Waals surface area contributed by atoms with E-state index in [1.165, 1.54) is 6.08 Å². The van der Waals surface area contributed by atoms with Gasteiger partial charge in [0.2, 0.25) is 0 Å². The lowest BCUT2D eigenvalue weighted by molar-refractivity contribution is -0.131. The second-order valence-electron chi connectivity index (χ2n) is 3.10. The van der Waals surface area contributed by atoms with Crippen molar-refractivity contribution in [2.24, 2.45) is 0 Å². The van der Waals surface area contributed by atoms with Crippen molar-refractivity contribution in [1.82, 2.24) is 14.8 Å². The van der Waals surface area contributed by atoms with E-state index in [1.807, 2.05) is 0 Å². The molecule has 0 radical (unpaired) electrons. The Morgan fingerprint density at radius 2 is 2.31 bits per heavy atom. The fourth-order valence-corrected chi connectivity index (χ4v) is 1.25. The molecule has 0 amide bonds. The predicted octanol–water partition coefficient (Wildman–Crippen LogP) is 1.37. The SMILES string of the molecule is O=C(O)/C=C/c1cncc(-n2cccn2)c1. The Kier molecular flexibility index (Phi) is 2.77. The molecule has 0 aliphatic carbocycles. The second kappa shape index (κ2) is 4.39. The summed E-state index contributed by atoms with van der Waals surface area (Å²) >= 11 is 0. The van der Waals surface area contributed by atoms with Gasteiger partial charge < -0.3 is 5.11 Å². The summed E-state index contributed by atoms with van der Waals surface area (Å²) in [5.41, 5.74) is 1.51. The molecule has 1 N–H and O–H groups in total. The first-order valence-corrected chi connectivity index (χ1v) is 4.62. The molecule has 80 valence electrons. The number of nitrogens with zero attached hydrogens (tertiary/aromatic N) is 3. The van der Waals surface area contributed by atoms with Crippen LogP contribution in [0.1, 0.15) is 5.56 Å². The van der Waals surface area contributed by atoms with Crippen LogP contribution in [0.2, 0.25) is 0 Å². The molecule has 5 heteroatoms. The van der Waals surface area contributed by atoms with Gasteiger partial charge in [0.25, 0.3) is 0 Å². The number of pyridine rings is 1. The number of carbonyl (C=O) groups is 1. The third-order valence-corrected chi connectivity index (χ3v) is 1.93. The van der Waals surface area contributed by atoms with Crippen LogP contribution in [0.3, 0.4) is 0 Å². The van der Waals surface area contributed by atoms with Gasteiger partial charge in [-0.3, -0.25) is 4.98 Å². The monoisotopic (exact) mass is 215 g/mol. The molecular formula is C11H9N3O2. The summed E-state index contributed by atoms with van der Waals surface area (Å²) in [4.78, 5) is 14.4. The van der Waals surface area contributed by atoms with E-state index in [9.17, 15) is 4.79 Å². The Balaban J connectivity index is 2.30. The maximum absolute atomic E-state index is 10.4. The van der Waals surface area contributed by atoms with Crippen LogP contribution in [0.25, 0.3) is 11.8 Å². The first-order chi connectivity index (χ1) is 7.75. The van der Waals surface area contributed by atoms with Gasteiger partial charge >= 0.3 is 5.97 Å². The highest BCUT2D eigenvalue weighted by atomic mass is 16.4. The molecule has 2 heterocycles. The molecule has 2 aromatic heterocycles. The fourth-order valence-electron chi connectivity index (χ4n) is 1.25. The zero-order valence-corrected chi connectivity index (χ0v) is 8.32. The van der Waals surface area contributed by atoms with E-state index in [0.717, 1.165) is 17.3 Å². The van der Waals surface area contributed by atoms with Gasteiger partial charge in [-0.2, -0.15) is 5.10 Å². The summed E-state index contributed by atoms with van der Waals surface area (Å²) in [5, 5.41) is 12.6. The summed E-state index contributed by atoms with van der Waals surface area (Å²) in [5.74, 6) is -0.982. The van der Waals surface area contributed by atoms with Gasteiger partial charge in [0.1, 0.15) is 0 Å². The normalized spacial score (nSPS) is 10.8. The van der Waals surface area contributed by atoms with Gasteiger partial charge in [0.05, 0.1) is 11.9 Å². The molecule has 0 aliphatic heterocycles. The van der Waals surface area contributed by atoms with Crippen molar-refractivity contribution >= 4 is 12.0 Å². The number of aromatic nitrogens is 3. The van der Waals surface area contributed by atoms with Gasteiger partial charge in [-0.15, -0.1) is 0 Å². The number of aliphatic carboxylic acids is 1. The fraction of sp³-hybridized carbons (Fsp3) is 0. The van der Waals surface area contributed by atoms with Crippen molar-refractivity contribution in [3.05, 3.63) is 48.6 Å². The molecule has 0 bridgehead atoms. The molecule has 0 aromatic carbocycles. The van der Waals surface area contributed by atoms with Gasteiger partial charge in [0, 0.05) is 24.7 Å². The molecule has 5 nitrogen and oxygen atoms in total. The number of rotatable bonds is 3. The van der Waals surface area contributed by atoms with E-state index in [0.29, 0.717) is 0 Å². The topological polar surface area (TPSA) is 68.0 Å². The van der Waals surface area contributed by atoms with Crippen molar-refractivity contribution in [2.45, 2.75) is 0 Å². The molecule has 2 aromatic rings.